The lowest BCUT2D eigenvalue weighted by atomic mass is 9.98. The molecule has 2 rings (SSSR count). The molecule has 0 bridgehead atoms. The molecular formula is C15H23NO. The third-order valence-electron chi connectivity index (χ3n) is 3.43. The van der Waals surface area contributed by atoms with E-state index in [-0.39, 0.29) is 0 Å². The van der Waals surface area contributed by atoms with E-state index in [9.17, 15) is 0 Å². The van der Waals surface area contributed by atoms with Gasteiger partial charge in [-0.2, -0.15) is 0 Å². The van der Waals surface area contributed by atoms with Crippen LogP contribution in [-0.4, -0.2) is 19.2 Å². The van der Waals surface area contributed by atoms with Crippen LogP contribution in [0.3, 0.4) is 0 Å². The fourth-order valence-corrected chi connectivity index (χ4v) is 1.95. The molecule has 0 heterocycles. The van der Waals surface area contributed by atoms with Gasteiger partial charge in [-0.3, -0.25) is 0 Å². The van der Waals surface area contributed by atoms with E-state index >= 15 is 0 Å². The maximum atomic E-state index is 5.88. The molecule has 1 aromatic rings. The second-order valence-corrected chi connectivity index (χ2v) is 4.92. The Morgan fingerprint density at radius 1 is 1.35 bits per heavy atom. The van der Waals surface area contributed by atoms with Gasteiger partial charge in [-0.1, -0.05) is 32.0 Å². The fraction of sp³-hybridized carbons (Fsp3) is 0.600. The molecule has 1 aliphatic rings. The van der Waals surface area contributed by atoms with Gasteiger partial charge < -0.3 is 10.1 Å². The summed E-state index contributed by atoms with van der Waals surface area (Å²) in [5.41, 5.74) is 1.33. The van der Waals surface area contributed by atoms with Crippen molar-refractivity contribution < 1.29 is 4.74 Å². The molecular weight excluding hydrogens is 210 g/mol. The number of nitrogens with one attached hydrogen (secondary N) is 1. The van der Waals surface area contributed by atoms with E-state index in [1.165, 1.54) is 18.4 Å². The van der Waals surface area contributed by atoms with Crippen LogP contribution in [0, 0.1) is 0 Å². The quantitative estimate of drug-likeness (QED) is 0.729. The maximum Gasteiger partial charge on any atom is 0.122 e. The summed E-state index contributed by atoms with van der Waals surface area (Å²) in [5, 5.41) is 3.46. The molecule has 2 nitrogen and oxygen atoms in total. The van der Waals surface area contributed by atoms with Crippen molar-refractivity contribution in [3.8, 4) is 5.75 Å². The average Bonchev–Trinajstić information content (AvgIpc) is 3.18. The molecule has 0 radical (unpaired) electrons. The first-order valence-electron chi connectivity index (χ1n) is 6.76. The van der Waals surface area contributed by atoms with Crippen LogP contribution in [-0.2, 0) is 0 Å². The molecule has 0 aromatic heterocycles. The van der Waals surface area contributed by atoms with Crippen molar-refractivity contribution in [2.24, 2.45) is 0 Å². The summed E-state index contributed by atoms with van der Waals surface area (Å²) in [6.07, 6.45) is 3.83. The van der Waals surface area contributed by atoms with Gasteiger partial charge >= 0.3 is 0 Å². The van der Waals surface area contributed by atoms with Crippen LogP contribution < -0.4 is 10.1 Å². The van der Waals surface area contributed by atoms with Gasteiger partial charge in [-0.15, -0.1) is 0 Å². The predicted molar refractivity (Wildman–Crippen MR) is 71.7 cm³/mol. The van der Waals surface area contributed by atoms with Gasteiger partial charge in [0.1, 0.15) is 12.4 Å². The van der Waals surface area contributed by atoms with Gasteiger partial charge in [0.05, 0.1) is 0 Å². The predicted octanol–water partition coefficient (Wildman–Crippen LogP) is 3.33. The Hall–Kier alpha value is -1.02. The second-order valence-electron chi connectivity index (χ2n) is 4.92. The molecule has 1 N–H and O–H groups in total. The van der Waals surface area contributed by atoms with Crippen molar-refractivity contribution in [2.75, 3.05) is 13.2 Å². The lowest BCUT2D eigenvalue weighted by molar-refractivity contribution is 0.308. The van der Waals surface area contributed by atoms with Crippen LogP contribution >= 0.6 is 0 Å². The van der Waals surface area contributed by atoms with Crippen molar-refractivity contribution in [3.05, 3.63) is 29.8 Å². The molecule has 0 aliphatic heterocycles. The van der Waals surface area contributed by atoms with Crippen molar-refractivity contribution >= 4 is 0 Å². The monoisotopic (exact) mass is 233 g/mol. The second kappa shape index (κ2) is 6.06. The van der Waals surface area contributed by atoms with E-state index in [0.29, 0.717) is 5.92 Å². The minimum Gasteiger partial charge on any atom is -0.492 e. The molecule has 1 unspecified atom stereocenters. The smallest absolute Gasteiger partial charge is 0.122 e. The molecule has 0 spiro atoms. The van der Waals surface area contributed by atoms with E-state index in [4.69, 9.17) is 4.74 Å². The molecule has 17 heavy (non-hydrogen) atoms. The highest BCUT2D eigenvalue weighted by molar-refractivity contribution is 5.35. The van der Waals surface area contributed by atoms with Crippen LogP contribution in [0.25, 0.3) is 0 Å². The van der Waals surface area contributed by atoms with Gasteiger partial charge in [-0.05, 0) is 36.8 Å². The Balaban J connectivity index is 1.84. The van der Waals surface area contributed by atoms with Crippen LogP contribution in [0.15, 0.2) is 24.3 Å². The Morgan fingerprint density at radius 2 is 2.12 bits per heavy atom. The van der Waals surface area contributed by atoms with E-state index in [1.807, 2.05) is 0 Å². The van der Waals surface area contributed by atoms with Gasteiger partial charge in [0, 0.05) is 12.6 Å². The van der Waals surface area contributed by atoms with Crippen molar-refractivity contribution in [1.29, 1.82) is 0 Å². The minimum atomic E-state index is 0.572. The first-order valence-corrected chi connectivity index (χ1v) is 6.76. The number of rotatable bonds is 7. The highest BCUT2D eigenvalue weighted by Gasteiger charge is 2.19. The zero-order chi connectivity index (χ0) is 12.1. The summed E-state index contributed by atoms with van der Waals surface area (Å²) in [6.45, 7) is 6.20. The van der Waals surface area contributed by atoms with Crippen molar-refractivity contribution in [3.63, 3.8) is 0 Å². The lowest BCUT2D eigenvalue weighted by Crippen LogP contribution is -2.23. The van der Waals surface area contributed by atoms with Crippen LogP contribution in [0.4, 0.5) is 0 Å². The summed E-state index contributed by atoms with van der Waals surface area (Å²) in [7, 11) is 0. The van der Waals surface area contributed by atoms with Crippen molar-refractivity contribution in [2.45, 2.75) is 45.1 Å². The summed E-state index contributed by atoms with van der Waals surface area (Å²) in [5.74, 6) is 1.63. The SMILES string of the molecule is CCC(C)c1ccccc1OCCNC1CC1. The number of hydrogen-bond donors (Lipinski definition) is 1. The molecule has 1 saturated carbocycles. The zero-order valence-corrected chi connectivity index (χ0v) is 10.9. The summed E-state index contributed by atoms with van der Waals surface area (Å²) >= 11 is 0. The number of benzene rings is 1. The molecule has 1 fully saturated rings. The molecule has 1 aromatic carbocycles. The average molecular weight is 233 g/mol. The first-order chi connectivity index (χ1) is 8.31. The van der Waals surface area contributed by atoms with E-state index in [0.717, 1.165) is 31.4 Å². The number of para-hydroxylation sites is 1. The Kier molecular flexibility index (Phi) is 4.43. The van der Waals surface area contributed by atoms with Gasteiger partial charge in [0.25, 0.3) is 0 Å². The Bertz CT molecular complexity index is 347. The van der Waals surface area contributed by atoms with E-state index in [2.05, 4.69) is 43.4 Å². The minimum absolute atomic E-state index is 0.572. The molecule has 0 amide bonds. The highest BCUT2D eigenvalue weighted by atomic mass is 16.5. The van der Waals surface area contributed by atoms with Gasteiger partial charge in [0.2, 0.25) is 0 Å². The first kappa shape index (κ1) is 12.4. The summed E-state index contributed by atoms with van der Waals surface area (Å²) in [4.78, 5) is 0. The zero-order valence-electron chi connectivity index (χ0n) is 10.9. The normalized spacial score (nSPS) is 16.8. The number of hydrogen-bond acceptors (Lipinski definition) is 2. The Labute approximate surface area is 104 Å². The van der Waals surface area contributed by atoms with Crippen molar-refractivity contribution in [1.82, 2.24) is 5.32 Å². The van der Waals surface area contributed by atoms with Crippen LogP contribution in [0.5, 0.6) is 5.75 Å². The van der Waals surface area contributed by atoms with Gasteiger partial charge in [-0.25, -0.2) is 0 Å². The topological polar surface area (TPSA) is 21.3 Å². The lowest BCUT2D eigenvalue weighted by Gasteiger charge is -2.15. The standard InChI is InChI=1S/C15H23NO/c1-3-12(2)14-6-4-5-7-15(14)17-11-10-16-13-8-9-13/h4-7,12-13,16H,3,8-11H2,1-2H3. The summed E-state index contributed by atoms with van der Waals surface area (Å²) in [6, 6.07) is 9.17. The van der Waals surface area contributed by atoms with Crippen LogP contribution in [0.1, 0.15) is 44.6 Å². The molecule has 94 valence electrons. The molecule has 2 heteroatoms. The Morgan fingerprint density at radius 3 is 2.82 bits per heavy atom. The fourth-order valence-electron chi connectivity index (χ4n) is 1.95. The third kappa shape index (κ3) is 3.74. The van der Waals surface area contributed by atoms with E-state index < -0.39 is 0 Å². The van der Waals surface area contributed by atoms with Crippen LogP contribution in [0.2, 0.25) is 0 Å². The number of ether oxygens (including phenoxy) is 1. The van der Waals surface area contributed by atoms with Gasteiger partial charge in [0.15, 0.2) is 0 Å². The summed E-state index contributed by atoms with van der Waals surface area (Å²) < 4.78 is 5.88. The maximum absolute atomic E-state index is 5.88. The molecule has 0 saturated heterocycles. The largest absolute Gasteiger partial charge is 0.492 e. The third-order valence-corrected chi connectivity index (χ3v) is 3.43. The highest BCUT2D eigenvalue weighted by Crippen LogP contribution is 2.28. The van der Waals surface area contributed by atoms with E-state index in [1.54, 1.807) is 0 Å². The molecule has 1 atom stereocenters. The molecule has 1 aliphatic carbocycles.